The lowest BCUT2D eigenvalue weighted by Gasteiger charge is -2.24. The van der Waals surface area contributed by atoms with Crippen LogP contribution in [0, 0.1) is 12.3 Å². The van der Waals surface area contributed by atoms with Crippen molar-refractivity contribution >= 4 is 17.5 Å². The zero-order valence-corrected chi connectivity index (χ0v) is 29.1. The van der Waals surface area contributed by atoms with Gasteiger partial charge in [0.15, 0.2) is 23.0 Å². The molecule has 1 heterocycles. The number of rotatable bonds is 5. The van der Waals surface area contributed by atoms with E-state index in [1.807, 2.05) is 48.5 Å². The molecule has 1 aliphatic heterocycles. The second kappa shape index (κ2) is 15.9. The second-order valence-corrected chi connectivity index (χ2v) is 12.6. The normalized spacial score (nSPS) is 10.9. The van der Waals surface area contributed by atoms with Crippen molar-refractivity contribution in [1.82, 2.24) is 0 Å². The molecule has 9 rings (SSSR count). The van der Waals surface area contributed by atoms with Crippen molar-refractivity contribution < 1.29 is 9.47 Å². The zero-order valence-electron chi connectivity index (χ0n) is 29.1. The molecule has 0 saturated carbocycles. The molecule has 0 radical (unpaired) electrons. The average Bonchev–Trinajstić information content (AvgIpc) is 3.22. The fourth-order valence-corrected chi connectivity index (χ4v) is 6.53. The molecule has 1 N–H and O–H groups in total. The summed E-state index contributed by atoms with van der Waals surface area (Å²) in [6.07, 6.45) is 0.921. The van der Waals surface area contributed by atoms with E-state index >= 15 is 0 Å². The highest BCUT2D eigenvalue weighted by molar-refractivity contribution is 5.92. The first-order valence-corrected chi connectivity index (χ1v) is 17.4. The first-order valence-electron chi connectivity index (χ1n) is 17.4. The minimum Gasteiger partial charge on any atom is -0.449 e. The molecule has 0 bridgehead atoms. The molecule has 3 heteroatoms. The van der Waals surface area contributed by atoms with Crippen LogP contribution in [0.1, 0.15) is 16.7 Å². The highest BCUT2D eigenvalue weighted by Crippen LogP contribution is 2.52. The van der Waals surface area contributed by atoms with Crippen LogP contribution in [0.2, 0.25) is 0 Å². The van der Waals surface area contributed by atoms with Crippen molar-refractivity contribution in [3.8, 4) is 56.4 Å². The van der Waals surface area contributed by atoms with Crippen molar-refractivity contribution in [2.75, 3.05) is 0 Å². The molecule has 52 heavy (non-hydrogen) atoms. The zero-order chi connectivity index (χ0) is 35.7. The Balaban J connectivity index is 0.000000416. The molecule has 0 saturated heterocycles. The van der Waals surface area contributed by atoms with E-state index < -0.39 is 0 Å². The van der Waals surface area contributed by atoms with Gasteiger partial charge >= 0.3 is 0 Å². The molecule has 0 aromatic heterocycles. The summed E-state index contributed by atoms with van der Waals surface area (Å²) in [5.41, 5.74) is 10.8. The lowest BCUT2D eigenvalue weighted by atomic mass is 9.94. The molecule has 3 nitrogen and oxygen atoms in total. The maximum atomic E-state index is 6.52. The SMILES string of the molecule is C=N.Cc1ccccc1.c1ccc(Cc2cccc(-c3cccc(-c4cccc(-c5cccc6c5Oc5ccc7ccccc7c5O6)c4)c3)c2)cc1. The topological polar surface area (TPSA) is 42.3 Å². The molecule has 0 unspecified atom stereocenters. The van der Waals surface area contributed by atoms with Crippen molar-refractivity contribution in [1.29, 1.82) is 5.41 Å². The van der Waals surface area contributed by atoms with Gasteiger partial charge in [-0.1, -0.05) is 169 Å². The van der Waals surface area contributed by atoms with Crippen LogP contribution in [0.5, 0.6) is 23.0 Å². The van der Waals surface area contributed by atoms with Gasteiger partial charge in [0.05, 0.1) is 0 Å². The quantitative estimate of drug-likeness (QED) is 0.185. The van der Waals surface area contributed by atoms with Crippen molar-refractivity contribution in [3.05, 3.63) is 205 Å². The number of fused-ring (bicyclic) bond motifs is 4. The molecule has 0 amide bonds. The number of hydrogen-bond acceptors (Lipinski definition) is 3. The largest absolute Gasteiger partial charge is 0.449 e. The van der Waals surface area contributed by atoms with Crippen molar-refractivity contribution in [2.45, 2.75) is 13.3 Å². The maximum Gasteiger partial charge on any atom is 0.177 e. The number of ether oxygens (including phenoxy) is 2. The van der Waals surface area contributed by atoms with Gasteiger partial charge in [-0.25, -0.2) is 0 Å². The third-order valence-corrected chi connectivity index (χ3v) is 9.07. The van der Waals surface area contributed by atoms with Crippen LogP contribution in [0.3, 0.4) is 0 Å². The third kappa shape index (κ3) is 7.55. The van der Waals surface area contributed by atoms with Crippen LogP contribution in [-0.4, -0.2) is 6.72 Å². The third-order valence-electron chi connectivity index (χ3n) is 9.07. The van der Waals surface area contributed by atoms with E-state index in [4.69, 9.17) is 14.9 Å². The first kappa shape index (κ1) is 33.8. The van der Waals surface area contributed by atoms with E-state index in [0.29, 0.717) is 0 Å². The van der Waals surface area contributed by atoms with Crippen LogP contribution >= 0.6 is 0 Å². The summed E-state index contributed by atoms with van der Waals surface area (Å²) in [6, 6.07) is 65.6. The molecule has 0 atom stereocenters. The number of hydrogen-bond donors (Lipinski definition) is 1. The van der Waals surface area contributed by atoms with Crippen LogP contribution < -0.4 is 9.47 Å². The molecule has 8 aromatic carbocycles. The van der Waals surface area contributed by atoms with Gasteiger partial charge in [0, 0.05) is 10.9 Å². The predicted molar refractivity (Wildman–Crippen MR) is 217 cm³/mol. The fraction of sp³-hybridized carbons (Fsp3) is 0.0408. The van der Waals surface area contributed by atoms with Crippen LogP contribution in [0.4, 0.5) is 0 Å². The van der Waals surface area contributed by atoms with E-state index in [2.05, 4.69) is 153 Å². The van der Waals surface area contributed by atoms with E-state index in [1.165, 1.54) is 33.4 Å². The van der Waals surface area contributed by atoms with Gasteiger partial charge in [-0.2, -0.15) is 0 Å². The summed E-state index contributed by atoms with van der Waals surface area (Å²) in [5.74, 6) is 2.97. The van der Waals surface area contributed by atoms with Crippen LogP contribution in [0.15, 0.2) is 188 Å². The fourth-order valence-electron chi connectivity index (χ4n) is 6.53. The number of para-hydroxylation sites is 1. The average molecular weight is 674 g/mol. The highest BCUT2D eigenvalue weighted by atomic mass is 16.6. The van der Waals surface area contributed by atoms with E-state index in [0.717, 1.165) is 56.9 Å². The monoisotopic (exact) mass is 673 g/mol. The molecule has 8 aromatic rings. The summed E-state index contributed by atoms with van der Waals surface area (Å²) >= 11 is 0. The number of aryl methyl sites for hydroxylation is 1. The van der Waals surface area contributed by atoms with Crippen molar-refractivity contribution in [3.63, 3.8) is 0 Å². The van der Waals surface area contributed by atoms with E-state index in [-0.39, 0.29) is 0 Å². The Morgan fingerprint density at radius 2 is 0.942 bits per heavy atom. The lowest BCUT2D eigenvalue weighted by molar-refractivity contribution is 0.364. The van der Waals surface area contributed by atoms with Gasteiger partial charge < -0.3 is 14.9 Å². The Bertz CT molecular complexity index is 2440. The summed E-state index contributed by atoms with van der Waals surface area (Å²) < 4.78 is 13.0. The summed E-state index contributed by atoms with van der Waals surface area (Å²) in [6.45, 7) is 4.58. The molecular formula is C49H39NO2. The second-order valence-electron chi connectivity index (χ2n) is 12.6. The molecular weight excluding hydrogens is 635 g/mol. The molecule has 0 spiro atoms. The van der Waals surface area contributed by atoms with E-state index in [1.54, 1.807) is 0 Å². The van der Waals surface area contributed by atoms with Gasteiger partial charge in [-0.3, -0.25) is 0 Å². The molecule has 252 valence electrons. The van der Waals surface area contributed by atoms with Gasteiger partial charge in [0.2, 0.25) is 0 Å². The lowest BCUT2D eigenvalue weighted by Crippen LogP contribution is -2.01. The van der Waals surface area contributed by atoms with Crippen LogP contribution in [-0.2, 0) is 6.42 Å². The highest BCUT2D eigenvalue weighted by Gasteiger charge is 2.24. The number of nitrogens with one attached hydrogen (secondary N) is 1. The summed E-state index contributed by atoms with van der Waals surface area (Å²) in [5, 5.41) is 7.67. The van der Waals surface area contributed by atoms with Gasteiger partial charge in [-0.05, 0) is 88.7 Å². The Hall–Kier alpha value is -6.71. The van der Waals surface area contributed by atoms with Gasteiger partial charge in [-0.15, -0.1) is 0 Å². The van der Waals surface area contributed by atoms with E-state index in [9.17, 15) is 0 Å². The molecule has 0 fully saturated rings. The summed E-state index contributed by atoms with van der Waals surface area (Å²) in [4.78, 5) is 0. The maximum absolute atomic E-state index is 6.52. The standard InChI is InChI=1S/C41H28O2.C7H8.CH3N/c1-2-10-28(11-3-1)24-29-12-6-14-31(25-29)32-15-7-16-33(26-32)34-17-8-18-35(27-34)37-20-9-21-38-41(37)43-39-23-22-30-13-4-5-19-36(30)40(39)42-38;1-7-5-3-2-4-6-7;1-2/h1-23,25-27H,24H2;2-6H,1H3;2H,1H2. The Kier molecular flexibility index (Phi) is 10.3. The minimum absolute atomic E-state index is 0.726. The number of benzene rings is 8. The smallest absolute Gasteiger partial charge is 0.177 e. The van der Waals surface area contributed by atoms with Crippen LogP contribution in [0.25, 0.3) is 44.2 Å². The van der Waals surface area contributed by atoms with Gasteiger partial charge in [0.1, 0.15) is 0 Å². The predicted octanol–water partition coefficient (Wildman–Crippen LogP) is 13.6. The Morgan fingerprint density at radius 3 is 1.63 bits per heavy atom. The first-order chi connectivity index (χ1) is 25.7. The van der Waals surface area contributed by atoms with Gasteiger partial charge in [0.25, 0.3) is 0 Å². The Morgan fingerprint density at radius 1 is 0.423 bits per heavy atom. The Labute approximate surface area is 305 Å². The minimum atomic E-state index is 0.726. The summed E-state index contributed by atoms with van der Waals surface area (Å²) in [7, 11) is 0. The molecule has 0 aliphatic carbocycles. The van der Waals surface area contributed by atoms with Crippen molar-refractivity contribution in [2.24, 2.45) is 0 Å². The molecule has 1 aliphatic rings.